The molecule has 0 heterocycles. The molecule has 0 spiro atoms. The molecule has 0 saturated heterocycles. The Morgan fingerprint density at radius 3 is 2.56 bits per heavy atom. The molecular formula is C29H36N4O. The number of hydrogen-bond acceptors (Lipinski definition) is 5. The second-order valence-corrected chi connectivity index (χ2v) is 8.45. The summed E-state index contributed by atoms with van der Waals surface area (Å²) < 4.78 is 5.54. The van der Waals surface area contributed by atoms with Gasteiger partial charge in [-0.1, -0.05) is 68.7 Å². The molecule has 1 aliphatic carbocycles. The van der Waals surface area contributed by atoms with Gasteiger partial charge in [-0.05, 0) is 48.2 Å². The minimum atomic E-state index is 0.208. The number of nitrogen functional groups attached to an aromatic ring is 2. The van der Waals surface area contributed by atoms with Gasteiger partial charge in [0, 0.05) is 35.2 Å². The predicted molar refractivity (Wildman–Crippen MR) is 146 cm³/mol. The Bertz CT molecular complexity index is 1100. The number of nitrogens with zero attached hydrogens (tertiary/aromatic N) is 1. The summed E-state index contributed by atoms with van der Waals surface area (Å²) in [6, 6.07) is 13.8. The number of ether oxygens (including phenoxy) is 1. The van der Waals surface area contributed by atoms with Crippen molar-refractivity contribution in [1.29, 1.82) is 0 Å². The number of anilines is 2. The van der Waals surface area contributed by atoms with Gasteiger partial charge in [-0.3, -0.25) is 0 Å². The Balaban J connectivity index is 1.57. The van der Waals surface area contributed by atoms with E-state index in [1.807, 2.05) is 42.5 Å². The highest BCUT2D eigenvalue weighted by Crippen LogP contribution is 2.32. The molecule has 0 aromatic heterocycles. The SMILES string of the molecule is C=C(CN(CCC)C(=C)c1cccc(N)c1OC)NC1C=CC(/C=C/c2ccc(N)cc2)=CC1. The molecule has 1 atom stereocenters. The van der Waals surface area contributed by atoms with Crippen LogP contribution in [0.2, 0.25) is 0 Å². The van der Waals surface area contributed by atoms with Gasteiger partial charge in [0.15, 0.2) is 5.75 Å². The molecule has 34 heavy (non-hydrogen) atoms. The molecule has 5 nitrogen and oxygen atoms in total. The van der Waals surface area contributed by atoms with Gasteiger partial charge >= 0.3 is 0 Å². The number of hydrogen-bond donors (Lipinski definition) is 3. The van der Waals surface area contributed by atoms with Crippen LogP contribution in [0.3, 0.4) is 0 Å². The fourth-order valence-corrected chi connectivity index (χ4v) is 3.96. The van der Waals surface area contributed by atoms with E-state index < -0.39 is 0 Å². The first-order valence-corrected chi connectivity index (χ1v) is 11.6. The monoisotopic (exact) mass is 456 g/mol. The number of methoxy groups -OCH3 is 1. The normalized spacial score (nSPS) is 15.1. The minimum absolute atomic E-state index is 0.208. The van der Waals surface area contributed by atoms with Crippen LogP contribution in [-0.2, 0) is 0 Å². The predicted octanol–water partition coefficient (Wildman–Crippen LogP) is 5.61. The zero-order valence-electron chi connectivity index (χ0n) is 20.3. The molecule has 2 aromatic carbocycles. The third kappa shape index (κ3) is 6.58. The molecule has 2 aromatic rings. The van der Waals surface area contributed by atoms with Crippen molar-refractivity contribution in [2.45, 2.75) is 25.8 Å². The fourth-order valence-electron chi connectivity index (χ4n) is 3.96. The summed E-state index contributed by atoms with van der Waals surface area (Å²) in [7, 11) is 1.63. The van der Waals surface area contributed by atoms with E-state index >= 15 is 0 Å². The molecule has 0 fully saturated rings. The van der Waals surface area contributed by atoms with Gasteiger partial charge in [-0.2, -0.15) is 0 Å². The lowest BCUT2D eigenvalue weighted by Gasteiger charge is -2.30. The summed E-state index contributed by atoms with van der Waals surface area (Å²) in [6.07, 6.45) is 12.7. The Morgan fingerprint density at radius 1 is 1.15 bits per heavy atom. The van der Waals surface area contributed by atoms with Crippen LogP contribution in [0.1, 0.15) is 30.9 Å². The average Bonchev–Trinajstić information content (AvgIpc) is 2.83. The number of nitrogens with one attached hydrogen (secondary N) is 1. The summed E-state index contributed by atoms with van der Waals surface area (Å²) in [5, 5.41) is 3.55. The van der Waals surface area contributed by atoms with Crippen molar-refractivity contribution in [2.24, 2.45) is 0 Å². The van der Waals surface area contributed by atoms with E-state index in [0.29, 0.717) is 18.0 Å². The number of rotatable bonds is 11. The van der Waals surface area contributed by atoms with Gasteiger partial charge in [-0.15, -0.1) is 0 Å². The molecular weight excluding hydrogens is 420 g/mol. The summed E-state index contributed by atoms with van der Waals surface area (Å²) >= 11 is 0. The molecule has 3 rings (SSSR count). The minimum Gasteiger partial charge on any atom is -0.494 e. The smallest absolute Gasteiger partial charge is 0.151 e. The van der Waals surface area contributed by atoms with Crippen molar-refractivity contribution in [3.8, 4) is 5.75 Å². The van der Waals surface area contributed by atoms with E-state index in [2.05, 4.69) is 60.7 Å². The second-order valence-electron chi connectivity index (χ2n) is 8.45. The molecule has 0 saturated carbocycles. The fraction of sp³-hybridized carbons (Fsp3) is 0.241. The lowest BCUT2D eigenvalue weighted by atomic mass is 10.0. The Kier molecular flexibility index (Phi) is 8.63. The number of para-hydroxylation sites is 1. The zero-order chi connectivity index (χ0) is 24.5. The standard InChI is InChI=1S/C29H36N4O/c1-5-19-33(22(3)27-7-6-8-28(31)29(27)34-4)20-21(2)32-26-17-13-24(14-18-26)10-9-23-11-15-25(30)16-12-23/h6-17,26,32H,2-3,5,18-20,30-31H2,1,4H3/b10-9+. The van der Waals surface area contributed by atoms with Crippen LogP contribution in [0.5, 0.6) is 5.75 Å². The molecule has 5 heteroatoms. The average molecular weight is 457 g/mol. The summed E-state index contributed by atoms with van der Waals surface area (Å²) in [5.74, 6) is 0.659. The number of allylic oxidation sites excluding steroid dienone is 3. The van der Waals surface area contributed by atoms with Crippen molar-refractivity contribution in [2.75, 3.05) is 31.7 Å². The maximum Gasteiger partial charge on any atom is 0.151 e. The van der Waals surface area contributed by atoms with Crippen LogP contribution >= 0.6 is 0 Å². The van der Waals surface area contributed by atoms with Crippen LogP contribution in [0, 0.1) is 0 Å². The van der Waals surface area contributed by atoms with Gasteiger partial charge < -0.3 is 26.4 Å². The van der Waals surface area contributed by atoms with Gasteiger partial charge in [0.2, 0.25) is 0 Å². The van der Waals surface area contributed by atoms with E-state index in [1.165, 1.54) is 5.57 Å². The topological polar surface area (TPSA) is 76.5 Å². The summed E-state index contributed by atoms with van der Waals surface area (Å²) in [6.45, 7) is 12.3. The van der Waals surface area contributed by atoms with E-state index in [0.717, 1.165) is 47.6 Å². The van der Waals surface area contributed by atoms with Crippen molar-refractivity contribution in [3.05, 3.63) is 102 Å². The molecule has 1 unspecified atom stereocenters. The highest BCUT2D eigenvalue weighted by atomic mass is 16.5. The molecule has 0 aliphatic heterocycles. The largest absolute Gasteiger partial charge is 0.494 e. The van der Waals surface area contributed by atoms with Crippen LogP contribution in [0.15, 0.2) is 91.2 Å². The lowest BCUT2D eigenvalue weighted by molar-refractivity contribution is 0.398. The third-order valence-electron chi connectivity index (χ3n) is 5.74. The Labute approximate surface area is 203 Å². The first kappa shape index (κ1) is 24.8. The maximum absolute atomic E-state index is 6.10. The molecule has 0 amide bonds. The van der Waals surface area contributed by atoms with E-state index in [-0.39, 0.29) is 6.04 Å². The van der Waals surface area contributed by atoms with E-state index in [4.69, 9.17) is 16.2 Å². The van der Waals surface area contributed by atoms with Gasteiger partial charge in [0.25, 0.3) is 0 Å². The highest BCUT2D eigenvalue weighted by molar-refractivity contribution is 5.74. The van der Waals surface area contributed by atoms with E-state index in [1.54, 1.807) is 7.11 Å². The number of nitrogens with two attached hydrogens (primary N) is 2. The van der Waals surface area contributed by atoms with Gasteiger partial charge in [0.05, 0.1) is 19.3 Å². The van der Waals surface area contributed by atoms with Crippen molar-refractivity contribution >= 4 is 23.1 Å². The molecule has 1 aliphatic rings. The van der Waals surface area contributed by atoms with Gasteiger partial charge in [0.1, 0.15) is 0 Å². The third-order valence-corrected chi connectivity index (χ3v) is 5.74. The molecule has 0 radical (unpaired) electrons. The van der Waals surface area contributed by atoms with Crippen LogP contribution in [0.25, 0.3) is 11.8 Å². The number of benzene rings is 2. The van der Waals surface area contributed by atoms with Crippen molar-refractivity contribution in [3.63, 3.8) is 0 Å². The maximum atomic E-state index is 6.10. The molecule has 178 valence electrons. The molecule has 5 N–H and O–H groups in total. The lowest BCUT2D eigenvalue weighted by Crippen LogP contribution is -2.34. The van der Waals surface area contributed by atoms with Gasteiger partial charge in [-0.25, -0.2) is 0 Å². The highest BCUT2D eigenvalue weighted by Gasteiger charge is 2.17. The van der Waals surface area contributed by atoms with Crippen LogP contribution in [-0.4, -0.2) is 31.1 Å². The summed E-state index contributed by atoms with van der Waals surface area (Å²) in [5.41, 5.74) is 18.3. The van der Waals surface area contributed by atoms with E-state index in [9.17, 15) is 0 Å². The molecule has 0 bridgehead atoms. The van der Waals surface area contributed by atoms with Crippen LogP contribution in [0.4, 0.5) is 11.4 Å². The first-order valence-electron chi connectivity index (χ1n) is 11.6. The Hall–Kier alpha value is -3.86. The quantitative estimate of drug-likeness (QED) is 0.383. The van der Waals surface area contributed by atoms with Crippen molar-refractivity contribution in [1.82, 2.24) is 10.2 Å². The van der Waals surface area contributed by atoms with Crippen molar-refractivity contribution < 1.29 is 4.74 Å². The summed E-state index contributed by atoms with van der Waals surface area (Å²) in [4.78, 5) is 2.22. The second kappa shape index (κ2) is 11.8. The Morgan fingerprint density at radius 2 is 1.91 bits per heavy atom. The zero-order valence-corrected chi connectivity index (χ0v) is 20.3. The first-order chi connectivity index (χ1) is 16.4. The van der Waals surface area contributed by atoms with Crippen LogP contribution < -0.4 is 21.5 Å².